The first-order chi connectivity index (χ1) is 8.90. The summed E-state index contributed by atoms with van der Waals surface area (Å²) < 4.78 is 0. The molecular weight excluding hydrogens is 242 g/mol. The minimum absolute atomic E-state index is 0.0350. The van der Waals surface area contributed by atoms with Gasteiger partial charge >= 0.3 is 0 Å². The van der Waals surface area contributed by atoms with Gasteiger partial charge in [-0.05, 0) is 36.1 Å². The summed E-state index contributed by atoms with van der Waals surface area (Å²) >= 11 is 0. The molecule has 0 aromatic heterocycles. The molecule has 1 unspecified atom stereocenters. The van der Waals surface area contributed by atoms with Gasteiger partial charge in [0.2, 0.25) is 5.91 Å². The van der Waals surface area contributed by atoms with Gasteiger partial charge in [0.05, 0.1) is 0 Å². The molecule has 4 nitrogen and oxygen atoms in total. The monoisotopic (exact) mass is 260 g/mol. The number of carbonyl (C=O) groups is 2. The van der Waals surface area contributed by atoms with Crippen LogP contribution in [0.4, 0.5) is 5.69 Å². The molecule has 1 atom stereocenters. The molecule has 1 saturated heterocycles. The molecule has 1 aromatic carbocycles. The summed E-state index contributed by atoms with van der Waals surface area (Å²) in [6.45, 7) is 6.46. The van der Waals surface area contributed by atoms with E-state index in [2.05, 4.69) is 13.8 Å². The predicted octanol–water partition coefficient (Wildman–Crippen LogP) is 1.22. The molecule has 0 bridgehead atoms. The van der Waals surface area contributed by atoms with Gasteiger partial charge in [-0.3, -0.25) is 4.79 Å². The topological polar surface area (TPSA) is 60.4 Å². The number of aryl methyl sites for hydroxylation is 1. The van der Waals surface area contributed by atoms with Crippen molar-refractivity contribution in [3.8, 4) is 0 Å². The molecule has 0 spiro atoms. The van der Waals surface area contributed by atoms with Gasteiger partial charge in [-0.25, -0.2) is 0 Å². The van der Waals surface area contributed by atoms with Crippen molar-refractivity contribution in [3.63, 3.8) is 0 Å². The zero-order valence-corrected chi connectivity index (χ0v) is 11.5. The van der Waals surface area contributed by atoms with Gasteiger partial charge in [0, 0.05) is 30.5 Å². The van der Waals surface area contributed by atoms with E-state index in [0.29, 0.717) is 5.92 Å². The van der Waals surface area contributed by atoms with Crippen LogP contribution in [0.1, 0.15) is 37.3 Å². The molecule has 1 aliphatic rings. The minimum atomic E-state index is -1.15. The average Bonchev–Trinajstić information content (AvgIpc) is 2.71. The molecule has 1 aromatic rings. The third-order valence-corrected chi connectivity index (χ3v) is 3.65. The Hall–Kier alpha value is -1.84. The maximum atomic E-state index is 11.9. The number of carboxylic acid groups (broad SMARTS) is 1. The van der Waals surface area contributed by atoms with Crippen LogP contribution >= 0.6 is 0 Å². The number of hydrogen-bond donors (Lipinski definition) is 0. The molecule has 0 radical (unpaired) electrons. The fourth-order valence-electron chi connectivity index (χ4n) is 2.59. The molecule has 1 heterocycles. The molecule has 1 aliphatic heterocycles. The van der Waals surface area contributed by atoms with Gasteiger partial charge in [0.1, 0.15) is 0 Å². The first-order valence-corrected chi connectivity index (χ1v) is 6.52. The van der Waals surface area contributed by atoms with Crippen molar-refractivity contribution in [3.05, 3.63) is 29.3 Å². The van der Waals surface area contributed by atoms with Crippen LogP contribution in [0.5, 0.6) is 0 Å². The number of nitrogens with zero attached hydrogens (tertiary/aromatic N) is 1. The van der Waals surface area contributed by atoms with E-state index < -0.39 is 11.9 Å². The zero-order chi connectivity index (χ0) is 14.2. The first kappa shape index (κ1) is 13.6. The fourth-order valence-corrected chi connectivity index (χ4v) is 2.59. The van der Waals surface area contributed by atoms with Gasteiger partial charge in [0.25, 0.3) is 0 Å². The summed E-state index contributed by atoms with van der Waals surface area (Å²) in [5, 5.41) is 10.8. The van der Waals surface area contributed by atoms with E-state index in [1.807, 2.05) is 25.1 Å². The number of benzene rings is 1. The highest BCUT2D eigenvalue weighted by molar-refractivity contribution is 5.99. The second-order valence-electron chi connectivity index (χ2n) is 5.42. The van der Waals surface area contributed by atoms with Crippen LogP contribution in [0.15, 0.2) is 18.2 Å². The Bertz CT molecular complexity index is 522. The van der Waals surface area contributed by atoms with Gasteiger partial charge in [-0.2, -0.15) is 0 Å². The SMILES string of the molecule is Cc1cc(N2CC(C(=O)[O-])CC2=O)ccc1C(C)C. The quantitative estimate of drug-likeness (QED) is 0.821. The van der Waals surface area contributed by atoms with Crippen molar-refractivity contribution in [1.82, 2.24) is 0 Å². The van der Waals surface area contributed by atoms with E-state index in [1.165, 1.54) is 10.5 Å². The van der Waals surface area contributed by atoms with E-state index in [0.717, 1.165) is 11.3 Å². The number of hydrogen-bond acceptors (Lipinski definition) is 3. The summed E-state index contributed by atoms with van der Waals surface area (Å²) in [6.07, 6.45) is 0.0350. The number of rotatable bonds is 3. The summed E-state index contributed by atoms with van der Waals surface area (Å²) in [6, 6.07) is 5.84. The van der Waals surface area contributed by atoms with Crippen molar-refractivity contribution in [2.45, 2.75) is 33.1 Å². The van der Waals surface area contributed by atoms with Crippen LogP contribution in [-0.4, -0.2) is 18.4 Å². The van der Waals surface area contributed by atoms with E-state index >= 15 is 0 Å². The van der Waals surface area contributed by atoms with E-state index in [-0.39, 0.29) is 18.9 Å². The largest absolute Gasteiger partial charge is 0.550 e. The molecule has 4 heteroatoms. The Labute approximate surface area is 113 Å². The maximum absolute atomic E-state index is 11.9. The van der Waals surface area contributed by atoms with Crippen LogP contribution < -0.4 is 10.0 Å². The van der Waals surface area contributed by atoms with Crippen molar-refractivity contribution in [1.29, 1.82) is 0 Å². The Morgan fingerprint density at radius 1 is 1.42 bits per heavy atom. The standard InChI is InChI=1S/C15H19NO3/c1-9(2)13-5-4-12(6-10(13)3)16-8-11(15(18)19)7-14(16)17/h4-6,9,11H,7-8H2,1-3H3,(H,18,19)/p-1. The third kappa shape index (κ3) is 2.62. The molecule has 102 valence electrons. The lowest BCUT2D eigenvalue weighted by molar-refractivity contribution is -0.310. The lowest BCUT2D eigenvalue weighted by Crippen LogP contribution is -2.33. The second-order valence-corrected chi connectivity index (χ2v) is 5.42. The molecule has 1 amide bonds. The molecule has 1 fully saturated rings. The lowest BCUT2D eigenvalue weighted by atomic mass is 9.97. The van der Waals surface area contributed by atoms with Gasteiger partial charge in [0.15, 0.2) is 0 Å². The van der Waals surface area contributed by atoms with E-state index in [4.69, 9.17) is 0 Å². The van der Waals surface area contributed by atoms with Crippen LogP contribution in [0, 0.1) is 12.8 Å². The van der Waals surface area contributed by atoms with Gasteiger partial charge < -0.3 is 14.8 Å². The fraction of sp³-hybridized carbons (Fsp3) is 0.467. The van der Waals surface area contributed by atoms with Crippen molar-refractivity contribution < 1.29 is 14.7 Å². The van der Waals surface area contributed by atoms with E-state index in [9.17, 15) is 14.7 Å². The average molecular weight is 260 g/mol. The number of carbonyl (C=O) groups excluding carboxylic acids is 2. The third-order valence-electron chi connectivity index (χ3n) is 3.65. The summed E-state index contributed by atoms with van der Waals surface area (Å²) in [7, 11) is 0. The summed E-state index contributed by atoms with van der Waals surface area (Å²) in [5.41, 5.74) is 3.14. The Kier molecular flexibility index (Phi) is 3.60. The van der Waals surface area contributed by atoms with Crippen LogP contribution in [0.25, 0.3) is 0 Å². The highest BCUT2D eigenvalue weighted by Crippen LogP contribution is 2.28. The van der Waals surface area contributed by atoms with Crippen LogP contribution in [-0.2, 0) is 9.59 Å². The summed E-state index contributed by atoms with van der Waals surface area (Å²) in [4.78, 5) is 24.2. The van der Waals surface area contributed by atoms with Crippen molar-refractivity contribution in [2.24, 2.45) is 5.92 Å². The van der Waals surface area contributed by atoms with Gasteiger partial charge in [-0.1, -0.05) is 19.9 Å². The zero-order valence-electron chi connectivity index (χ0n) is 11.5. The molecule has 0 saturated carbocycles. The molecule has 0 aliphatic carbocycles. The molecule has 19 heavy (non-hydrogen) atoms. The number of carboxylic acids is 1. The van der Waals surface area contributed by atoms with E-state index in [1.54, 1.807) is 0 Å². The highest BCUT2D eigenvalue weighted by atomic mass is 16.4. The number of amides is 1. The molecular formula is C15H18NO3-. The normalized spacial score (nSPS) is 19.3. The predicted molar refractivity (Wildman–Crippen MR) is 70.7 cm³/mol. The lowest BCUT2D eigenvalue weighted by Gasteiger charge is -2.19. The highest BCUT2D eigenvalue weighted by Gasteiger charge is 2.31. The van der Waals surface area contributed by atoms with Crippen LogP contribution in [0.3, 0.4) is 0 Å². The number of anilines is 1. The number of aliphatic carboxylic acids is 1. The smallest absolute Gasteiger partial charge is 0.227 e. The van der Waals surface area contributed by atoms with Crippen molar-refractivity contribution >= 4 is 17.6 Å². The Morgan fingerprint density at radius 3 is 2.58 bits per heavy atom. The Morgan fingerprint density at radius 2 is 2.11 bits per heavy atom. The minimum Gasteiger partial charge on any atom is -0.550 e. The van der Waals surface area contributed by atoms with Crippen molar-refractivity contribution in [2.75, 3.05) is 11.4 Å². The van der Waals surface area contributed by atoms with Gasteiger partial charge in [-0.15, -0.1) is 0 Å². The van der Waals surface area contributed by atoms with Crippen LogP contribution in [0.2, 0.25) is 0 Å². The second kappa shape index (κ2) is 5.03. The first-order valence-electron chi connectivity index (χ1n) is 6.52. The maximum Gasteiger partial charge on any atom is 0.227 e. The summed E-state index contributed by atoms with van der Waals surface area (Å²) in [5.74, 6) is -1.56. The molecule has 0 N–H and O–H groups in total. The molecule has 2 rings (SSSR count). The Balaban J connectivity index is 2.26.